The lowest BCUT2D eigenvalue weighted by Gasteiger charge is -2.39. The zero-order valence-electron chi connectivity index (χ0n) is 15.2. The van der Waals surface area contributed by atoms with Crippen LogP contribution in [-0.4, -0.2) is 42.9 Å². The van der Waals surface area contributed by atoms with Crippen LogP contribution >= 0.6 is 0 Å². The van der Waals surface area contributed by atoms with Crippen molar-refractivity contribution >= 4 is 23.2 Å². The van der Waals surface area contributed by atoms with Gasteiger partial charge in [-0.25, -0.2) is 4.39 Å². The van der Waals surface area contributed by atoms with E-state index in [1.807, 2.05) is 17.0 Å². The van der Waals surface area contributed by atoms with E-state index in [4.69, 9.17) is 0 Å². The van der Waals surface area contributed by atoms with Crippen molar-refractivity contribution in [3.8, 4) is 0 Å². The second-order valence-electron chi connectivity index (χ2n) is 7.14. The molecule has 2 heterocycles. The number of amides is 2. The van der Waals surface area contributed by atoms with Gasteiger partial charge < -0.3 is 15.1 Å². The first-order valence-corrected chi connectivity index (χ1v) is 9.21. The number of rotatable bonds is 2. The number of halogens is 1. The highest BCUT2D eigenvalue weighted by Gasteiger charge is 2.34. The molecule has 2 amide bonds. The number of hydrogen-bond acceptors (Lipinski definition) is 3. The fraction of sp³-hybridized carbons (Fsp3) is 0.333. The first-order chi connectivity index (χ1) is 13.0. The molecule has 140 valence electrons. The molecule has 2 aliphatic rings. The van der Waals surface area contributed by atoms with Crippen molar-refractivity contribution in [2.24, 2.45) is 0 Å². The molecule has 2 aromatic rings. The number of benzene rings is 2. The number of piperazine rings is 1. The first kappa shape index (κ1) is 17.5. The molecule has 1 fully saturated rings. The van der Waals surface area contributed by atoms with Gasteiger partial charge in [-0.15, -0.1) is 0 Å². The molecular formula is C21H22FN3O2. The van der Waals surface area contributed by atoms with Gasteiger partial charge >= 0.3 is 0 Å². The Kier molecular flexibility index (Phi) is 4.56. The lowest BCUT2D eigenvalue weighted by Crippen LogP contribution is -2.50. The minimum absolute atomic E-state index is 0.0536. The van der Waals surface area contributed by atoms with Crippen LogP contribution in [0.15, 0.2) is 42.5 Å². The maximum atomic E-state index is 13.5. The van der Waals surface area contributed by atoms with Gasteiger partial charge in [0.15, 0.2) is 0 Å². The van der Waals surface area contributed by atoms with Crippen LogP contribution in [0.1, 0.15) is 23.5 Å². The first-order valence-electron chi connectivity index (χ1n) is 9.21. The molecule has 6 heteroatoms. The minimum atomic E-state index is -0.542. The Hall–Kier alpha value is -2.89. The Morgan fingerprint density at radius 2 is 1.85 bits per heavy atom. The van der Waals surface area contributed by atoms with Crippen molar-refractivity contribution < 1.29 is 14.0 Å². The van der Waals surface area contributed by atoms with Crippen LogP contribution in [0.5, 0.6) is 0 Å². The number of aryl methyl sites for hydroxylation is 1. The van der Waals surface area contributed by atoms with Gasteiger partial charge in [-0.1, -0.05) is 24.3 Å². The van der Waals surface area contributed by atoms with Crippen molar-refractivity contribution in [1.82, 2.24) is 4.90 Å². The zero-order chi connectivity index (χ0) is 19.0. The van der Waals surface area contributed by atoms with Crippen molar-refractivity contribution in [3.05, 3.63) is 59.4 Å². The smallest absolute Gasteiger partial charge is 0.230 e. The van der Waals surface area contributed by atoms with E-state index in [1.54, 1.807) is 6.07 Å². The quantitative estimate of drug-likeness (QED) is 0.888. The van der Waals surface area contributed by atoms with Crippen LogP contribution in [0.3, 0.4) is 0 Å². The van der Waals surface area contributed by atoms with Crippen LogP contribution < -0.4 is 10.2 Å². The zero-order valence-corrected chi connectivity index (χ0v) is 15.2. The van der Waals surface area contributed by atoms with Crippen LogP contribution in [0.2, 0.25) is 0 Å². The fourth-order valence-corrected chi connectivity index (χ4v) is 3.96. The highest BCUT2D eigenvalue weighted by atomic mass is 19.1. The predicted molar refractivity (Wildman–Crippen MR) is 102 cm³/mol. The van der Waals surface area contributed by atoms with E-state index in [0.717, 1.165) is 13.1 Å². The summed E-state index contributed by atoms with van der Waals surface area (Å²) < 4.78 is 13.5. The van der Waals surface area contributed by atoms with Gasteiger partial charge in [0.25, 0.3) is 0 Å². The SMILES string of the molecule is Cc1ccccc1N1CCN(C(=O)C2CC(=O)Nc3cc(F)ccc32)CC1. The average Bonchev–Trinajstić information content (AvgIpc) is 2.67. The summed E-state index contributed by atoms with van der Waals surface area (Å²) in [5.41, 5.74) is 3.52. The Bertz CT molecular complexity index is 891. The van der Waals surface area contributed by atoms with Crippen LogP contribution in [0, 0.1) is 12.7 Å². The lowest BCUT2D eigenvalue weighted by atomic mass is 9.89. The number of carbonyl (C=O) groups is 2. The molecule has 1 atom stereocenters. The van der Waals surface area contributed by atoms with Crippen molar-refractivity contribution in [1.29, 1.82) is 0 Å². The number of carbonyl (C=O) groups excluding carboxylic acids is 2. The molecule has 5 nitrogen and oxygen atoms in total. The van der Waals surface area contributed by atoms with Crippen LogP contribution in [0.25, 0.3) is 0 Å². The minimum Gasteiger partial charge on any atom is -0.368 e. The van der Waals surface area contributed by atoms with Gasteiger partial charge in [0.05, 0.1) is 5.92 Å². The van der Waals surface area contributed by atoms with Crippen molar-refractivity contribution in [2.45, 2.75) is 19.3 Å². The largest absolute Gasteiger partial charge is 0.368 e. The van der Waals surface area contributed by atoms with Crippen molar-refractivity contribution in [3.63, 3.8) is 0 Å². The van der Waals surface area contributed by atoms with Crippen molar-refractivity contribution in [2.75, 3.05) is 36.4 Å². The second kappa shape index (κ2) is 7.02. The van der Waals surface area contributed by atoms with Crippen LogP contribution in [0.4, 0.5) is 15.8 Å². The van der Waals surface area contributed by atoms with E-state index in [1.165, 1.54) is 23.4 Å². The molecule has 0 saturated carbocycles. The van der Waals surface area contributed by atoms with Gasteiger partial charge in [0.2, 0.25) is 11.8 Å². The summed E-state index contributed by atoms with van der Waals surface area (Å²) in [6, 6.07) is 12.5. The van der Waals surface area contributed by atoms with E-state index in [9.17, 15) is 14.0 Å². The lowest BCUT2D eigenvalue weighted by molar-refractivity contribution is -0.135. The topological polar surface area (TPSA) is 52.7 Å². The fourth-order valence-electron chi connectivity index (χ4n) is 3.96. The van der Waals surface area contributed by atoms with E-state index >= 15 is 0 Å². The Morgan fingerprint density at radius 3 is 2.59 bits per heavy atom. The van der Waals surface area contributed by atoms with Gasteiger partial charge in [-0.2, -0.15) is 0 Å². The maximum Gasteiger partial charge on any atom is 0.230 e. The molecule has 1 saturated heterocycles. The molecule has 1 N–H and O–H groups in total. The molecule has 0 radical (unpaired) electrons. The third-order valence-corrected chi connectivity index (χ3v) is 5.40. The van der Waals surface area contributed by atoms with Gasteiger partial charge in [0, 0.05) is 44.0 Å². The molecule has 4 rings (SSSR count). The van der Waals surface area contributed by atoms with E-state index in [0.29, 0.717) is 24.3 Å². The highest BCUT2D eigenvalue weighted by Crippen LogP contribution is 2.34. The Morgan fingerprint density at radius 1 is 1.11 bits per heavy atom. The number of nitrogens with zero attached hydrogens (tertiary/aromatic N) is 2. The molecule has 27 heavy (non-hydrogen) atoms. The average molecular weight is 367 g/mol. The Labute approximate surface area is 157 Å². The summed E-state index contributed by atoms with van der Waals surface area (Å²) in [4.78, 5) is 29.2. The number of anilines is 2. The third kappa shape index (κ3) is 3.39. The number of hydrogen-bond donors (Lipinski definition) is 1. The summed E-state index contributed by atoms with van der Waals surface area (Å²) in [6.45, 7) is 4.82. The Balaban J connectivity index is 1.49. The van der Waals surface area contributed by atoms with E-state index in [-0.39, 0.29) is 18.2 Å². The maximum absolute atomic E-state index is 13.5. The number of para-hydroxylation sites is 1. The normalized spacial score (nSPS) is 19.5. The van der Waals surface area contributed by atoms with Gasteiger partial charge in [0.1, 0.15) is 5.82 Å². The monoisotopic (exact) mass is 367 g/mol. The molecular weight excluding hydrogens is 345 g/mol. The summed E-state index contributed by atoms with van der Waals surface area (Å²) >= 11 is 0. The number of nitrogens with one attached hydrogen (secondary N) is 1. The second-order valence-corrected chi connectivity index (χ2v) is 7.14. The van der Waals surface area contributed by atoms with E-state index < -0.39 is 11.7 Å². The number of fused-ring (bicyclic) bond motifs is 1. The van der Waals surface area contributed by atoms with Crippen LogP contribution in [-0.2, 0) is 9.59 Å². The molecule has 0 bridgehead atoms. The highest BCUT2D eigenvalue weighted by molar-refractivity contribution is 6.01. The van der Waals surface area contributed by atoms with E-state index in [2.05, 4.69) is 29.3 Å². The third-order valence-electron chi connectivity index (χ3n) is 5.40. The molecule has 0 spiro atoms. The molecule has 0 aliphatic carbocycles. The summed E-state index contributed by atoms with van der Waals surface area (Å²) in [7, 11) is 0. The summed E-state index contributed by atoms with van der Waals surface area (Å²) in [5.74, 6) is -1.26. The summed E-state index contributed by atoms with van der Waals surface area (Å²) in [6.07, 6.45) is 0.107. The summed E-state index contributed by atoms with van der Waals surface area (Å²) in [5, 5.41) is 2.67. The standard InChI is InChI=1S/C21H22FN3O2/c1-14-4-2-3-5-19(14)24-8-10-25(11-9-24)21(27)17-13-20(26)23-18-12-15(22)6-7-16(17)18/h2-7,12,17H,8-11,13H2,1H3,(H,23,26). The molecule has 2 aliphatic heterocycles. The molecule has 0 aromatic heterocycles. The predicted octanol–water partition coefficient (Wildman–Crippen LogP) is 2.91. The van der Waals surface area contributed by atoms with Gasteiger partial charge in [-0.05, 0) is 36.2 Å². The molecule has 1 unspecified atom stereocenters. The molecule has 2 aromatic carbocycles. The van der Waals surface area contributed by atoms with Gasteiger partial charge in [-0.3, -0.25) is 9.59 Å².